The van der Waals surface area contributed by atoms with Crippen molar-refractivity contribution >= 4 is 17.8 Å². The second kappa shape index (κ2) is 6.72. The molecule has 1 atom stereocenters. The summed E-state index contributed by atoms with van der Waals surface area (Å²) in [5, 5.41) is 5.77. The van der Waals surface area contributed by atoms with Gasteiger partial charge in [-0.2, -0.15) is 0 Å². The summed E-state index contributed by atoms with van der Waals surface area (Å²) in [5.41, 5.74) is 0.357. The van der Waals surface area contributed by atoms with Crippen molar-refractivity contribution in [3.63, 3.8) is 0 Å². The minimum atomic E-state index is -0.140. The number of nitrogens with zero attached hydrogens (tertiary/aromatic N) is 4. The first-order valence-electron chi connectivity index (χ1n) is 8.31. The number of anilines is 1. The molecule has 0 saturated carbocycles. The van der Waals surface area contributed by atoms with Crippen molar-refractivity contribution in [2.45, 2.75) is 24.8 Å². The van der Waals surface area contributed by atoms with Gasteiger partial charge in [-0.25, -0.2) is 9.97 Å². The van der Waals surface area contributed by atoms with Gasteiger partial charge in [-0.1, -0.05) is 0 Å². The Morgan fingerprint density at radius 1 is 1.29 bits per heavy atom. The van der Waals surface area contributed by atoms with Gasteiger partial charge in [0.05, 0.1) is 5.56 Å². The predicted molar refractivity (Wildman–Crippen MR) is 89.7 cm³/mol. The topological polar surface area (TPSA) is 90.5 Å². The van der Waals surface area contributed by atoms with Gasteiger partial charge >= 0.3 is 0 Å². The number of hydrogen-bond donors (Lipinski definition) is 2. The van der Waals surface area contributed by atoms with Crippen molar-refractivity contribution in [1.82, 2.24) is 25.1 Å². The lowest BCUT2D eigenvalue weighted by Gasteiger charge is -2.49. The lowest BCUT2D eigenvalue weighted by atomic mass is 9.86. The number of carbonyl (C=O) groups is 2. The first-order valence-corrected chi connectivity index (χ1v) is 8.31. The average Bonchev–Trinajstić information content (AvgIpc) is 2.79. The van der Waals surface area contributed by atoms with E-state index in [9.17, 15) is 9.59 Å². The number of nitrogens with one attached hydrogen (secondary N) is 2. The average molecular weight is 332 g/mol. The monoisotopic (exact) mass is 332 g/mol. The van der Waals surface area contributed by atoms with Crippen LogP contribution in [0.15, 0.2) is 12.4 Å². The van der Waals surface area contributed by atoms with E-state index in [4.69, 9.17) is 0 Å². The Hall–Kier alpha value is -2.22. The standard InChI is InChI=1S/C16H24N6O2/c1-17-15-19-9-12(10-20-15)14(24)22-8-7-21(2)16(11-22)4-3-13(23)18-6-5-16/h9-10H,3-8,11H2,1-2H3,(H,18,23)(H,17,19,20)/t16-/m1/s1. The zero-order chi connectivity index (χ0) is 17.2. The molecule has 2 N–H and O–H groups in total. The number of carbonyl (C=O) groups excluding carboxylic acids is 2. The minimum Gasteiger partial charge on any atom is -0.357 e. The number of rotatable bonds is 2. The highest BCUT2D eigenvalue weighted by Gasteiger charge is 2.42. The number of piperazine rings is 1. The number of aromatic nitrogens is 2. The third-order valence-corrected chi connectivity index (χ3v) is 5.14. The van der Waals surface area contributed by atoms with Gasteiger partial charge in [0.2, 0.25) is 11.9 Å². The van der Waals surface area contributed by atoms with Crippen LogP contribution in [0.5, 0.6) is 0 Å². The van der Waals surface area contributed by atoms with Crippen LogP contribution in [0.4, 0.5) is 5.95 Å². The van der Waals surface area contributed by atoms with Gasteiger partial charge < -0.3 is 15.5 Å². The van der Waals surface area contributed by atoms with Gasteiger partial charge in [-0.15, -0.1) is 0 Å². The molecule has 1 aromatic rings. The Balaban J connectivity index is 1.76. The maximum Gasteiger partial charge on any atom is 0.257 e. The number of amides is 2. The van der Waals surface area contributed by atoms with E-state index in [-0.39, 0.29) is 17.4 Å². The van der Waals surface area contributed by atoms with Crippen LogP contribution in [0, 0.1) is 0 Å². The van der Waals surface area contributed by atoms with Crippen molar-refractivity contribution in [3.8, 4) is 0 Å². The Bertz CT molecular complexity index is 619. The van der Waals surface area contributed by atoms with E-state index >= 15 is 0 Å². The highest BCUT2D eigenvalue weighted by Crippen LogP contribution is 2.30. The number of likely N-dealkylation sites (N-methyl/N-ethyl adjacent to an activating group) is 1. The van der Waals surface area contributed by atoms with Crippen LogP contribution in [-0.2, 0) is 4.79 Å². The third-order valence-electron chi connectivity index (χ3n) is 5.14. The number of hydrogen-bond acceptors (Lipinski definition) is 6. The molecule has 0 bridgehead atoms. The molecule has 1 spiro atoms. The molecular weight excluding hydrogens is 308 g/mol. The van der Waals surface area contributed by atoms with E-state index in [1.807, 2.05) is 4.90 Å². The maximum absolute atomic E-state index is 12.8. The third kappa shape index (κ3) is 3.19. The Morgan fingerprint density at radius 3 is 2.75 bits per heavy atom. The molecule has 8 nitrogen and oxygen atoms in total. The molecule has 130 valence electrons. The smallest absolute Gasteiger partial charge is 0.257 e. The first kappa shape index (κ1) is 16.6. The van der Waals surface area contributed by atoms with Crippen LogP contribution in [-0.4, -0.2) is 77.4 Å². The summed E-state index contributed by atoms with van der Waals surface area (Å²) in [7, 11) is 3.82. The van der Waals surface area contributed by atoms with Crippen molar-refractivity contribution in [2.75, 3.05) is 45.6 Å². The van der Waals surface area contributed by atoms with Crippen molar-refractivity contribution < 1.29 is 9.59 Å². The van der Waals surface area contributed by atoms with Crippen LogP contribution >= 0.6 is 0 Å². The summed E-state index contributed by atoms with van der Waals surface area (Å²) in [6.07, 6.45) is 5.25. The Kier molecular flexibility index (Phi) is 4.66. The predicted octanol–water partition coefficient (Wildman–Crippen LogP) is -0.0552. The van der Waals surface area contributed by atoms with Gasteiger partial charge in [0, 0.05) is 57.6 Å². The molecule has 0 aromatic carbocycles. The van der Waals surface area contributed by atoms with E-state index in [0.717, 1.165) is 19.4 Å². The largest absolute Gasteiger partial charge is 0.357 e. The summed E-state index contributed by atoms with van der Waals surface area (Å²) < 4.78 is 0. The van der Waals surface area contributed by atoms with E-state index in [0.29, 0.717) is 37.6 Å². The van der Waals surface area contributed by atoms with Crippen LogP contribution < -0.4 is 10.6 Å². The van der Waals surface area contributed by atoms with Crippen LogP contribution in [0.25, 0.3) is 0 Å². The molecule has 24 heavy (non-hydrogen) atoms. The first-order chi connectivity index (χ1) is 11.5. The summed E-state index contributed by atoms with van der Waals surface area (Å²) in [6.45, 7) is 2.76. The molecule has 8 heteroatoms. The second-order valence-electron chi connectivity index (χ2n) is 6.52. The molecule has 0 radical (unpaired) electrons. The molecule has 1 aromatic heterocycles. The zero-order valence-electron chi connectivity index (χ0n) is 14.2. The van der Waals surface area contributed by atoms with E-state index in [1.165, 1.54) is 0 Å². The fraction of sp³-hybridized carbons (Fsp3) is 0.625. The van der Waals surface area contributed by atoms with Gasteiger partial charge in [-0.3, -0.25) is 14.5 Å². The van der Waals surface area contributed by atoms with E-state index < -0.39 is 0 Å². The molecule has 2 fully saturated rings. The van der Waals surface area contributed by atoms with Crippen LogP contribution in [0.1, 0.15) is 29.6 Å². The molecule has 2 amide bonds. The van der Waals surface area contributed by atoms with Gasteiger partial charge in [0.1, 0.15) is 0 Å². The Morgan fingerprint density at radius 2 is 2.04 bits per heavy atom. The molecule has 0 aliphatic carbocycles. The lowest BCUT2D eigenvalue weighted by Crippen LogP contribution is -2.62. The highest BCUT2D eigenvalue weighted by atomic mass is 16.2. The summed E-state index contributed by atoms with van der Waals surface area (Å²) in [6, 6.07) is 0. The van der Waals surface area contributed by atoms with Crippen molar-refractivity contribution in [1.29, 1.82) is 0 Å². The second-order valence-corrected chi connectivity index (χ2v) is 6.52. The Labute approximate surface area is 141 Å². The van der Waals surface area contributed by atoms with E-state index in [2.05, 4.69) is 32.5 Å². The maximum atomic E-state index is 12.8. The van der Waals surface area contributed by atoms with Crippen LogP contribution in [0.3, 0.4) is 0 Å². The zero-order valence-corrected chi connectivity index (χ0v) is 14.2. The normalized spacial score (nSPS) is 25.2. The van der Waals surface area contributed by atoms with Crippen LogP contribution in [0.2, 0.25) is 0 Å². The van der Waals surface area contributed by atoms with E-state index in [1.54, 1.807) is 19.4 Å². The van der Waals surface area contributed by atoms with Crippen molar-refractivity contribution in [2.24, 2.45) is 0 Å². The lowest BCUT2D eigenvalue weighted by molar-refractivity contribution is -0.121. The van der Waals surface area contributed by atoms with Gasteiger partial charge in [-0.05, 0) is 19.9 Å². The molecule has 0 unspecified atom stereocenters. The molecule has 2 aliphatic rings. The summed E-state index contributed by atoms with van der Waals surface area (Å²) in [5.74, 6) is 0.545. The molecule has 2 aliphatic heterocycles. The quantitative estimate of drug-likeness (QED) is 0.789. The van der Waals surface area contributed by atoms with Crippen molar-refractivity contribution in [3.05, 3.63) is 18.0 Å². The fourth-order valence-corrected chi connectivity index (χ4v) is 3.52. The van der Waals surface area contributed by atoms with Gasteiger partial charge in [0.25, 0.3) is 5.91 Å². The molecule has 2 saturated heterocycles. The molecule has 3 heterocycles. The van der Waals surface area contributed by atoms with Gasteiger partial charge in [0.15, 0.2) is 0 Å². The SMILES string of the molecule is CNc1ncc(C(=O)N2CCN(C)[C@]3(CCNC(=O)CC3)C2)cn1. The molecule has 3 rings (SSSR count). The minimum absolute atomic E-state index is 0.0475. The molecular formula is C16H24N6O2. The fourth-order valence-electron chi connectivity index (χ4n) is 3.52. The highest BCUT2D eigenvalue weighted by molar-refractivity contribution is 5.93. The summed E-state index contributed by atoms with van der Waals surface area (Å²) in [4.78, 5) is 36.9. The summed E-state index contributed by atoms with van der Waals surface area (Å²) >= 11 is 0.